The molecule has 0 amide bonds. The van der Waals surface area contributed by atoms with Crippen LogP contribution in [0.25, 0.3) is 0 Å². The lowest BCUT2D eigenvalue weighted by atomic mass is 10.1. The van der Waals surface area contributed by atoms with Gasteiger partial charge >= 0.3 is 0 Å². The van der Waals surface area contributed by atoms with E-state index in [0.717, 1.165) is 5.56 Å². The average molecular weight is 269 g/mol. The molecule has 0 aromatic heterocycles. The van der Waals surface area contributed by atoms with Crippen LogP contribution in [0.2, 0.25) is 0 Å². The molecule has 1 unspecified atom stereocenters. The number of rotatable bonds is 6. The third-order valence-corrected chi connectivity index (χ3v) is 4.23. The summed E-state index contributed by atoms with van der Waals surface area (Å²) in [6.07, 6.45) is 3.61. The SMILES string of the molecule is CS(=O)(=O)c1ccc(C(OCCN)C2CC2)cc1. The zero-order valence-corrected chi connectivity index (χ0v) is 11.3. The number of hydrogen-bond acceptors (Lipinski definition) is 4. The van der Waals surface area contributed by atoms with Crippen LogP contribution in [0.5, 0.6) is 0 Å². The topological polar surface area (TPSA) is 69.4 Å². The third kappa shape index (κ3) is 3.31. The summed E-state index contributed by atoms with van der Waals surface area (Å²) in [6, 6.07) is 6.98. The highest BCUT2D eigenvalue weighted by Crippen LogP contribution is 2.43. The molecule has 18 heavy (non-hydrogen) atoms. The standard InChI is InChI=1S/C13H19NO3S/c1-18(15,16)12-6-4-11(5-7-12)13(10-2-3-10)17-9-8-14/h4-7,10,13H,2-3,8-9,14H2,1H3. The molecule has 0 heterocycles. The largest absolute Gasteiger partial charge is 0.372 e. The van der Waals surface area contributed by atoms with Crippen molar-refractivity contribution in [3.8, 4) is 0 Å². The van der Waals surface area contributed by atoms with Crippen LogP contribution in [-0.4, -0.2) is 27.8 Å². The minimum Gasteiger partial charge on any atom is -0.372 e. The summed E-state index contributed by atoms with van der Waals surface area (Å²) >= 11 is 0. The molecule has 1 atom stereocenters. The summed E-state index contributed by atoms with van der Waals surface area (Å²) in [5.41, 5.74) is 6.49. The Morgan fingerprint density at radius 3 is 2.39 bits per heavy atom. The fourth-order valence-electron chi connectivity index (χ4n) is 2.00. The molecule has 1 aliphatic carbocycles. The summed E-state index contributed by atoms with van der Waals surface area (Å²) in [4.78, 5) is 0.347. The van der Waals surface area contributed by atoms with Gasteiger partial charge in [-0.25, -0.2) is 8.42 Å². The van der Waals surface area contributed by atoms with Gasteiger partial charge in [0.05, 0.1) is 17.6 Å². The molecule has 0 bridgehead atoms. The van der Waals surface area contributed by atoms with Crippen molar-refractivity contribution >= 4 is 9.84 Å². The number of benzene rings is 1. The minimum atomic E-state index is -3.13. The van der Waals surface area contributed by atoms with Crippen LogP contribution < -0.4 is 5.73 Å². The molecule has 1 saturated carbocycles. The lowest BCUT2D eigenvalue weighted by Gasteiger charge is -2.17. The predicted molar refractivity (Wildman–Crippen MR) is 70.0 cm³/mol. The second kappa shape index (κ2) is 5.38. The van der Waals surface area contributed by atoms with Gasteiger partial charge in [0.1, 0.15) is 0 Å². The molecule has 0 aliphatic heterocycles. The van der Waals surface area contributed by atoms with E-state index in [2.05, 4.69) is 0 Å². The number of sulfone groups is 1. The van der Waals surface area contributed by atoms with E-state index in [1.54, 1.807) is 12.1 Å². The van der Waals surface area contributed by atoms with Crippen LogP contribution in [0, 0.1) is 5.92 Å². The van der Waals surface area contributed by atoms with Crippen LogP contribution in [-0.2, 0) is 14.6 Å². The number of nitrogens with two attached hydrogens (primary N) is 1. The molecular formula is C13H19NO3S. The zero-order chi connectivity index (χ0) is 13.2. The van der Waals surface area contributed by atoms with Crippen molar-refractivity contribution in [2.24, 2.45) is 11.7 Å². The number of ether oxygens (including phenoxy) is 1. The summed E-state index contributed by atoms with van der Waals surface area (Å²) in [6.45, 7) is 1.04. The molecule has 1 fully saturated rings. The molecular weight excluding hydrogens is 250 g/mol. The van der Waals surface area contributed by atoms with Crippen LogP contribution in [0.3, 0.4) is 0 Å². The van der Waals surface area contributed by atoms with Crippen LogP contribution >= 0.6 is 0 Å². The van der Waals surface area contributed by atoms with Gasteiger partial charge in [-0.15, -0.1) is 0 Å². The Hall–Kier alpha value is -0.910. The second-order valence-electron chi connectivity index (χ2n) is 4.76. The van der Waals surface area contributed by atoms with Crippen LogP contribution in [0.15, 0.2) is 29.2 Å². The first kappa shape index (κ1) is 13.5. The fourth-order valence-corrected chi connectivity index (χ4v) is 2.63. The molecule has 100 valence electrons. The second-order valence-corrected chi connectivity index (χ2v) is 6.77. The van der Waals surface area contributed by atoms with Gasteiger partial charge in [0.25, 0.3) is 0 Å². The van der Waals surface area contributed by atoms with Gasteiger partial charge in [-0.2, -0.15) is 0 Å². The Morgan fingerprint density at radius 1 is 1.33 bits per heavy atom. The van der Waals surface area contributed by atoms with E-state index < -0.39 is 9.84 Å². The van der Waals surface area contributed by atoms with Crippen molar-refractivity contribution < 1.29 is 13.2 Å². The summed E-state index contributed by atoms with van der Waals surface area (Å²) in [7, 11) is -3.13. The van der Waals surface area contributed by atoms with Gasteiger partial charge in [0.15, 0.2) is 9.84 Å². The van der Waals surface area contributed by atoms with Crippen LogP contribution in [0.1, 0.15) is 24.5 Å². The number of hydrogen-bond donors (Lipinski definition) is 1. The van der Waals surface area contributed by atoms with Crippen LogP contribution in [0.4, 0.5) is 0 Å². The van der Waals surface area contributed by atoms with Gasteiger partial charge in [-0.3, -0.25) is 0 Å². The molecule has 0 saturated heterocycles. The van der Waals surface area contributed by atoms with Crippen molar-refractivity contribution in [3.05, 3.63) is 29.8 Å². The van der Waals surface area contributed by atoms with Crippen molar-refractivity contribution in [3.63, 3.8) is 0 Å². The molecule has 1 aliphatic rings. The lowest BCUT2D eigenvalue weighted by molar-refractivity contribution is 0.0424. The molecule has 1 aromatic carbocycles. The van der Waals surface area contributed by atoms with E-state index in [0.29, 0.717) is 24.0 Å². The first-order valence-electron chi connectivity index (χ1n) is 6.14. The summed E-state index contributed by atoms with van der Waals surface area (Å²) in [5.74, 6) is 0.556. The molecule has 1 aromatic rings. The van der Waals surface area contributed by atoms with Gasteiger partial charge in [0.2, 0.25) is 0 Å². The summed E-state index contributed by atoms with van der Waals surface area (Å²) < 4.78 is 28.5. The van der Waals surface area contributed by atoms with Crippen molar-refractivity contribution in [2.45, 2.75) is 23.8 Å². The smallest absolute Gasteiger partial charge is 0.175 e. The third-order valence-electron chi connectivity index (χ3n) is 3.10. The Labute approximate surface area is 108 Å². The van der Waals surface area contributed by atoms with Gasteiger partial charge in [0, 0.05) is 12.8 Å². The first-order valence-corrected chi connectivity index (χ1v) is 8.03. The zero-order valence-electron chi connectivity index (χ0n) is 10.5. The predicted octanol–water partition coefficient (Wildman–Crippen LogP) is 1.52. The monoisotopic (exact) mass is 269 g/mol. The van der Waals surface area contributed by atoms with Crippen molar-refractivity contribution in [2.75, 3.05) is 19.4 Å². The molecule has 4 nitrogen and oxygen atoms in total. The first-order chi connectivity index (χ1) is 8.52. The lowest BCUT2D eigenvalue weighted by Crippen LogP contribution is -2.14. The minimum absolute atomic E-state index is 0.0576. The highest BCUT2D eigenvalue weighted by atomic mass is 32.2. The normalized spacial score (nSPS) is 17.7. The highest BCUT2D eigenvalue weighted by molar-refractivity contribution is 7.90. The van der Waals surface area contributed by atoms with E-state index in [9.17, 15) is 8.42 Å². The highest BCUT2D eigenvalue weighted by Gasteiger charge is 2.33. The van der Waals surface area contributed by atoms with E-state index in [1.165, 1.54) is 19.1 Å². The van der Waals surface area contributed by atoms with E-state index in [1.807, 2.05) is 12.1 Å². The maximum atomic E-state index is 11.4. The molecule has 5 heteroatoms. The van der Waals surface area contributed by atoms with E-state index in [4.69, 9.17) is 10.5 Å². The Kier molecular flexibility index (Phi) is 4.04. The molecule has 2 N–H and O–H groups in total. The maximum Gasteiger partial charge on any atom is 0.175 e. The Balaban J connectivity index is 2.16. The van der Waals surface area contributed by atoms with Gasteiger partial charge < -0.3 is 10.5 Å². The fraction of sp³-hybridized carbons (Fsp3) is 0.538. The summed E-state index contributed by atoms with van der Waals surface area (Å²) in [5, 5.41) is 0. The van der Waals surface area contributed by atoms with Crippen molar-refractivity contribution in [1.82, 2.24) is 0 Å². The average Bonchev–Trinajstić information content (AvgIpc) is 3.13. The quantitative estimate of drug-likeness (QED) is 0.850. The Morgan fingerprint density at radius 2 is 1.94 bits per heavy atom. The van der Waals surface area contributed by atoms with Gasteiger partial charge in [-0.05, 0) is 36.5 Å². The Bertz CT molecular complexity index is 491. The van der Waals surface area contributed by atoms with Gasteiger partial charge in [-0.1, -0.05) is 12.1 Å². The molecule has 2 rings (SSSR count). The molecule has 0 spiro atoms. The van der Waals surface area contributed by atoms with E-state index >= 15 is 0 Å². The molecule has 0 radical (unpaired) electrons. The maximum absolute atomic E-state index is 11.4. The van der Waals surface area contributed by atoms with E-state index in [-0.39, 0.29) is 6.10 Å². The van der Waals surface area contributed by atoms with Crippen molar-refractivity contribution in [1.29, 1.82) is 0 Å².